The highest BCUT2D eigenvalue weighted by Crippen LogP contribution is 2.45. The zero-order chi connectivity index (χ0) is 22.4. The Bertz CT molecular complexity index is 704. The fraction of sp³-hybridized carbons (Fsp3) is 0.714. The summed E-state index contributed by atoms with van der Waals surface area (Å²) in [6.45, 7) is 23.5. The fourth-order valence-electron chi connectivity index (χ4n) is 4.20. The van der Waals surface area contributed by atoms with Gasteiger partial charge in [-0.3, -0.25) is 0 Å². The highest BCUT2D eigenvalue weighted by molar-refractivity contribution is 6.94. The van der Waals surface area contributed by atoms with Gasteiger partial charge in [0, 0.05) is 5.22 Å². The predicted molar refractivity (Wildman–Crippen MR) is 131 cm³/mol. The largest absolute Gasteiger partial charge is 0.465 e. The van der Waals surface area contributed by atoms with E-state index < -0.39 is 30.8 Å². The van der Waals surface area contributed by atoms with Crippen LogP contribution in [0.1, 0.15) is 33.6 Å². The van der Waals surface area contributed by atoms with Crippen molar-refractivity contribution in [3.8, 4) is 0 Å². The molecule has 1 aliphatic heterocycles. The highest BCUT2D eigenvalue weighted by Gasteiger charge is 2.67. The summed E-state index contributed by atoms with van der Waals surface area (Å²) in [6.07, 6.45) is 2.03. The molecule has 1 aromatic carbocycles. The molecule has 3 unspecified atom stereocenters. The van der Waals surface area contributed by atoms with Crippen molar-refractivity contribution in [3.63, 3.8) is 0 Å². The average molecular weight is 582 g/mol. The molecule has 0 radical (unpaired) electrons. The second-order valence-corrected chi connectivity index (χ2v) is 35.9. The van der Waals surface area contributed by atoms with Crippen LogP contribution in [-0.2, 0) is 13.0 Å². The van der Waals surface area contributed by atoms with Crippen LogP contribution in [0, 0.1) is 0 Å². The normalized spacial score (nSPS) is 30.0. The second-order valence-electron chi connectivity index (χ2n) is 11.0. The lowest BCUT2D eigenvalue weighted by Crippen LogP contribution is -3.45. The van der Waals surface area contributed by atoms with Crippen molar-refractivity contribution in [2.24, 2.45) is 0 Å². The molecular formula is C21H42IO3Si4+. The maximum Gasteiger partial charge on any atom is 0.465 e. The van der Waals surface area contributed by atoms with Crippen molar-refractivity contribution in [2.45, 2.75) is 95.9 Å². The first-order chi connectivity index (χ1) is 13.0. The maximum absolute atomic E-state index is 7.47. The molecule has 0 saturated carbocycles. The highest BCUT2D eigenvalue weighted by atomic mass is 127. The first-order valence-corrected chi connectivity index (χ1v) is 25.6. The molecule has 166 valence electrons. The van der Waals surface area contributed by atoms with Crippen LogP contribution >= 0.6 is 0 Å². The van der Waals surface area contributed by atoms with E-state index in [4.69, 9.17) is 13.0 Å². The molecule has 0 aromatic heterocycles. The van der Waals surface area contributed by atoms with Gasteiger partial charge < -0.3 is 13.0 Å². The van der Waals surface area contributed by atoms with Crippen LogP contribution in [0.5, 0.6) is 0 Å². The molecule has 8 heteroatoms. The molecule has 0 amide bonds. The van der Waals surface area contributed by atoms with Crippen molar-refractivity contribution >= 4 is 36.0 Å². The fourth-order valence-corrected chi connectivity index (χ4v) is 20.8. The molecule has 2 rings (SSSR count). The van der Waals surface area contributed by atoms with Crippen molar-refractivity contribution < 1.29 is 34.8 Å². The van der Waals surface area contributed by atoms with Gasteiger partial charge in [0.05, 0.1) is 8.07 Å². The summed E-state index contributed by atoms with van der Waals surface area (Å²) in [5.41, 5.74) is 0. The van der Waals surface area contributed by atoms with E-state index in [1.807, 2.05) is 0 Å². The number of hydrogen-bond donors (Lipinski definition) is 0. The number of halogens is 1. The van der Waals surface area contributed by atoms with Crippen molar-refractivity contribution in [3.05, 3.63) is 30.3 Å². The third kappa shape index (κ3) is 5.55. The smallest absolute Gasteiger partial charge is 0.431 e. The van der Waals surface area contributed by atoms with Gasteiger partial charge in [0.15, 0.2) is 8.32 Å². The van der Waals surface area contributed by atoms with E-state index in [0.717, 1.165) is 18.9 Å². The molecule has 3 nitrogen and oxygen atoms in total. The molecule has 0 spiro atoms. The van der Waals surface area contributed by atoms with Gasteiger partial charge in [0.25, 0.3) is 0 Å². The Morgan fingerprint density at radius 3 is 2.14 bits per heavy atom. The summed E-state index contributed by atoms with van der Waals surface area (Å²) in [7, 11) is -6.41. The van der Waals surface area contributed by atoms with E-state index >= 15 is 0 Å². The summed E-state index contributed by atoms with van der Waals surface area (Å²) in [6, 6.07) is 11.9. The molecule has 1 aliphatic rings. The number of rotatable bonds is 7. The number of hydrogen-bond acceptors (Lipinski definition) is 3. The Kier molecular flexibility index (Phi) is 7.67. The monoisotopic (exact) mass is 581 g/mol. The van der Waals surface area contributed by atoms with Gasteiger partial charge in [0.2, 0.25) is 21.8 Å². The summed E-state index contributed by atoms with van der Waals surface area (Å²) in [5, 5.41) is 0.696. The Balaban J connectivity index is 2.77. The van der Waals surface area contributed by atoms with Gasteiger partial charge in [-0.2, -0.15) is 0 Å². The van der Waals surface area contributed by atoms with E-state index in [0.29, 0.717) is 0 Å². The lowest BCUT2D eigenvalue weighted by atomic mass is 10.3. The van der Waals surface area contributed by atoms with Gasteiger partial charge in [0.1, 0.15) is 5.22 Å². The third-order valence-corrected chi connectivity index (χ3v) is 20.7. The van der Waals surface area contributed by atoms with E-state index in [2.05, 4.69) is 119 Å². The minimum Gasteiger partial charge on any atom is -0.431 e. The van der Waals surface area contributed by atoms with Gasteiger partial charge in [-0.05, 0) is 64.1 Å². The maximum atomic E-state index is 7.47. The molecule has 29 heavy (non-hydrogen) atoms. The Labute approximate surface area is 196 Å². The van der Waals surface area contributed by atoms with E-state index in [1.165, 1.54) is 5.19 Å². The van der Waals surface area contributed by atoms with Crippen LogP contribution in [0.15, 0.2) is 30.3 Å². The predicted octanol–water partition coefficient (Wildman–Crippen LogP) is 2.33. The Hall–Kier alpha value is 0.698. The molecule has 0 bridgehead atoms. The minimum absolute atomic E-state index is 0.165. The zero-order valence-corrected chi connectivity index (χ0v) is 26.5. The lowest BCUT2D eigenvalue weighted by Gasteiger charge is -2.57. The van der Waals surface area contributed by atoms with Crippen LogP contribution in [0.3, 0.4) is 0 Å². The SMILES string of the molecule is CCC(C)(O[Si]1(c2ccccc2)O[Si](C)(C)CCC1(C)O[Si](C)(C)[IH+])[Si](C)(C)C. The van der Waals surface area contributed by atoms with Crippen molar-refractivity contribution in [2.75, 3.05) is 0 Å². The van der Waals surface area contributed by atoms with Crippen molar-refractivity contribution in [1.29, 1.82) is 0 Å². The average Bonchev–Trinajstić information content (AvgIpc) is 2.56. The van der Waals surface area contributed by atoms with E-state index in [9.17, 15) is 0 Å². The van der Waals surface area contributed by atoms with Crippen molar-refractivity contribution in [1.82, 2.24) is 0 Å². The zero-order valence-electron chi connectivity index (χ0n) is 20.1. The van der Waals surface area contributed by atoms with E-state index in [1.54, 1.807) is 0 Å². The van der Waals surface area contributed by atoms with E-state index in [-0.39, 0.29) is 10.4 Å². The third-order valence-electron chi connectivity index (χ3n) is 6.58. The molecule has 0 aliphatic carbocycles. The molecule has 1 saturated heterocycles. The summed E-state index contributed by atoms with van der Waals surface area (Å²) in [5.74, 6) is -1.80. The standard InChI is InChI=1S/C21H42IO3Si4/c1-11-20(2,26(4,5)6)24-29(19-15-13-12-14-16-19)21(3,23-28(9,10)22)17-18-27(7,8)25-29/h12-16,22H,11,17-18H2,1-10H3/q+1. The minimum atomic E-state index is -2.91. The molecular weight excluding hydrogens is 539 g/mol. The van der Waals surface area contributed by atoms with Crippen LogP contribution in [0.2, 0.25) is 51.9 Å². The van der Waals surface area contributed by atoms with Gasteiger partial charge in [-0.1, -0.05) is 56.9 Å². The molecule has 1 heterocycles. The molecule has 1 fully saturated rings. The topological polar surface area (TPSA) is 27.7 Å². The summed E-state index contributed by atoms with van der Waals surface area (Å²) < 4.78 is 21.8. The van der Waals surface area contributed by atoms with Gasteiger partial charge >= 0.3 is 14.4 Å². The quantitative estimate of drug-likeness (QED) is 0.281. The first kappa shape index (κ1) is 26.0. The molecule has 3 atom stereocenters. The van der Waals surface area contributed by atoms with Gasteiger partial charge in [-0.15, -0.1) is 0 Å². The Morgan fingerprint density at radius 2 is 1.69 bits per heavy atom. The lowest BCUT2D eigenvalue weighted by molar-refractivity contribution is -0.245. The van der Waals surface area contributed by atoms with Crippen LogP contribution in [-0.4, -0.2) is 41.2 Å². The Morgan fingerprint density at radius 1 is 1.14 bits per heavy atom. The molecule has 1 aromatic rings. The first-order valence-electron chi connectivity index (χ1n) is 10.9. The second kappa shape index (κ2) is 8.57. The van der Waals surface area contributed by atoms with Gasteiger partial charge in [-0.25, -0.2) is 0 Å². The van der Waals surface area contributed by atoms with Crippen LogP contribution < -0.4 is 27.0 Å². The van der Waals surface area contributed by atoms with Crippen LogP contribution in [0.4, 0.5) is 0 Å². The number of benzene rings is 1. The van der Waals surface area contributed by atoms with Crippen LogP contribution in [0.25, 0.3) is 0 Å². The molecule has 0 N–H and O–H groups in total. The summed E-state index contributed by atoms with van der Waals surface area (Å²) in [4.78, 5) is 0. The summed E-state index contributed by atoms with van der Waals surface area (Å²) >= 11 is 2.20.